The highest BCUT2D eigenvalue weighted by Crippen LogP contribution is 2.32. The first-order chi connectivity index (χ1) is 7.81. The number of anilines is 1. The van der Waals surface area contributed by atoms with Gasteiger partial charge in [0.25, 0.3) is 0 Å². The largest absolute Gasteiger partial charge is 0.353 e. The van der Waals surface area contributed by atoms with Crippen molar-refractivity contribution in [3.63, 3.8) is 0 Å². The van der Waals surface area contributed by atoms with Crippen LogP contribution in [0, 0.1) is 12.8 Å². The van der Waals surface area contributed by atoms with Crippen molar-refractivity contribution in [2.24, 2.45) is 5.92 Å². The van der Waals surface area contributed by atoms with E-state index in [0.717, 1.165) is 24.1 Å². The van der Waals surface area contributed by atoms with Crippen LogP contribution in [0.15, 0.2) is 6.20 Å². The lowest BCUT2D eigenvalue weighted by molar-refractivity contribution is 0.620. The first-order valence-corrected chi connectivity index (χ1v) is 6.61. The predicted molar refractivity (Wildman–Crippen MR) is 65.6 cm³/mol. The highest BCUT2D eigenvalue weighted by molar-refractivity contribution is 5.30. The van der Waals surface area contributed by atoms with Crippen LogP contribution in [0.3, 0.4) is 0 Å². The summed E-state index contributed by atoms with van der Waals surface area (Å²) >= 11 is 0. The van der Waals surface area contributed by atoms with Gasteiger partial charge in [-0.05, 0) is 38.5 Å². The first kappa shape index (κ1) is 10.2. The van der Waals surface area contributed by atoms with Gasteiger partial charge in [-0.25, -0.2) is 4.98 Å². The summed E-state index contributed by atoms with van der Waals surface area (Å²) in [5.41, 5.74) is 1.14. The van der Waals surface area contributed by atoms with Gasteiger partial charge in [0.1, 0.15) is 0 Å². The minimum atomic E-state index is 0.666. The third-order valence-electron chi connectivity index (χ3n) is 3.74. The summed E-state index contributed by atoms with van der Waals surface area (Å²) in [6, 6.07) is 0.666. The molecule has 16 heavy (non-hydrogen) atoms. The normalized spacial score (nSPS) is 21.6. The summed E-state index contributed by atoms with van der Waals surface area (Å²) in [6.45, 7) is 3.25. The van der Waals surface area contributed by atoms with Crippen LogP contribution in [0.5, 0.6) is 0 Å². The monoisotopic (exact) mass is 219 g/mol. The van der Waals surface area contributed by atoms with Crippen molar-refractivity contribution in [1.82, 2.24) is 9.55 Å². The Morgan fingerprint density at radius 3 is 2.75 bits per heavy atom. The number of aromatic nitrogens is 2. The Kier molecular flexibility index (Phi) is 2.62. The van der Waals surface area contributed by atoms with Crippen molar-refractivity contribution in [3.05, 3.63) is 11.9 Å². The second kappa shape index (κ2) is 4.11. The third kappa shape index (κ3) is 2.23. The van der Waals surface area contributed by atoms with Gasteiger partial charge in [-0.1, -0.05) is 12.8 Å². The van der Waals surface area contributed by atoms with Gasteiger partial charge >= 0.3 is 0 Å². The zero-order valence-corrected chi connectivity index (χ0v) is 10.1. The maximum Gasteiger partial charge on any atom is 0.203 e. The van der Waals surface area contributed by atoms with Gasteiger partial charge in [-0.15, -0.1) is 0 Å². The molecule has 0 radical (unpaired) electrons. The van der Waals surface area contributed by atoms with Crippen molar-refractivity contribution < 1.29 is 0 Å². The van der Waals surface area contributed by atoms with Crippen LogP contribution in [0.25, 0.3) is 0 Å². The van der Waals surface area contributed by atoms with E-state index in [1.54, 1.807) is 0 Å². The molecule has 0 aromatic carbocycles. The molecule has 2 aliphatic rings. The lowest BCUT2D eigenvalue weighted by Crippen LogP contribution is -2.18. The van der Waals surface area contributed by atoms with Gasteiger partial charge in [-0.2, -0.15) is 0 Å². The van der Waals surface area contributed by atoms with E-state index in [-0.39, 0.29) is 0 Å². The molecule has 2 aliphatic carbocycles. The molecule has 0 atom stereocenters. The lowest BCUT2D eigenvalue weighted by Gasteiger charge is -2.14. The molecule has 1 aromatic rings. The van der Waals surface area contributed by atoms with Gasteiger partial charge in [0.2, 0.25) is 5.95 Å². The molecule has 1 N–H and O–H groups in total. The molecule has 0 bridgehead atoms. The van der Waals surface area contributed by atoms with Gasteiger partial charge in [0, 0.05) is 18.8 Å². The fourth-order valence-corrected chi connectivity index (χ4v) is 2.63. The summed E-state index contributed by atoms with van der Waals surface area (Å²) in [4.78, 5) is 4.61. The maximum absolute atomic E-state index is 4.61. The third-order valence-corrected chi connectivity index (χ3v) is 3.74. The SMILES string of the molecule is Cc1cn(CC2CC2)c(NC2CCCC2)n1. The standard InChI is InChI=1S/C13H21N3/c1-10-8-16(9-11-6-7-11)13(14-10)15-12-4-2-3-5-12/h8,11-12H,2-7,9H2,1H3,(H,14,15). The Morgan fingerprint density at radius 1 is 1.31 bits per heavy atom. The molecular weight excluding hydrogens is 198 g/mol. The Morgan fingerprint density at radius 2 is 2.06 bits per heavy atom. The summed E-state index contributed by atoms with van der Waals surface area (Å²) in [5, 5.41) is 3.62. The Hall–Kier alpha value is -0.990. The maximum atomic E-state index is 4.61. The van der Waals surface area contributed by atoms with Crippen LogP contribution in [0.1, 0.15) is 44.2 Å². The molecular formula is C13H21N3. The van der Waals surface area contributed by atoms with Crippen LogP contribution < -0.4 is 5.32 Å². The number of hydrogen-bond acceptors (Lipinski definition) is 2. The number of nitrogens with zero attached hydrogens (tertiary/aromatic N) is 2. The van der Waals surface area contributed by atoms with Crippen molar-refractivity contribution in [2.45, 2.75) is 58.0 Å². The zero-order chi connectivity index (χ0) is 11.0. The molecule has 3 nitrogen and oxygen atoms in total. The fraction of sp³-hybridized carbons (Fsp3) is 0.769. The van der Waals surface area contributed by atoms with Crippen molar-refractivity contribution in [3.8, 4) is 0 Å². The van der Waals surface area contributed by atoms with E-state index < -0.39 is 0 Å². The van der Waals surface area contributed by atoms with E-state index in [1.165, 1.54) is 38.5 Å². The molecule has 2 fully saturated rings. The van der Waals surface area contributed by atoms with E-state index in [1.807, 2.05) is 0 Å². The smallest absolute Gasteiger partial charge is 0.203 e. The van der Waals surface area contributed by atoms with Crippen LogP contribution in [0.2, 0.25) is 0 Å². The Labute approximate surface area is 97.3 Å². The molecule has 1 aromatic heterocycles. The van der Waals surface area contributed by atoms with Crippen molar-refractivity contribution >= 4 is 5.95 Å². The minimum Gasteiger partial charge on any atom is -0.353 e. The second-order valence-electron chi connectivity index (χ2n) is 5.43. The van der Waals surface area contributed by atoms with Crippen LogP contribution in [0.4, 0.5) is 5.95 Å². The highest BCUT2D eigenvalue weighted by atomic mass is 15.2. The molecule has 0 amide bonds. The van der Waals surface area contributed by atoms with Crippen LogP contribution >= 0.6 is 0 Å². The average molecular weight is 219 g/mol. The molecule has 0 spiro atoms. The van der Waals surface area contributed by atoms with Crippen LogP contribution in [-0.2, 0) is 6.54 Å². The number of hydrogen-bond donors (Lipinski definition) is 1. The van der Waals surface area contributed by atoms with E-state index in [9.17, 15) is 0 Å². The first-order valence-electron chi connectivity index (χ1n) is 6.61. The average Bonchev–Trinajstić information content (AvgIpc) is 2.79. The van der Waals surface area contributed by atoms with Crippen LogP contribution in [-0.4, -0.2) is 15.6 Å². The fourth-order valence-electron chi connectivity index (χ4n) is 2.63. The summed E-state index contributed by atoms with van der Waals surface area (Å²) in [5.74, 6) is 2.02. The summed E-state index contributed by atoms with van der Waals surface area (Å²) in [7, 11) is 0. The number of nitrogens with one attached hydrogen (secondary N) is 1. The van der Waals surface area contributed by atoms with E-state index >= 15 is 0 Å². The minimum absolute atomic E-state index is 0.666. The number of rotatable bonds is 4. The van der Waals surface area contributed by atoms with E-state index in [2.05, 4.69) is 28.0 Å². The van der Waals surface area contributed by atoms with Gasteiger partial charge in [0.05, 0.1) is 5.69 Å². The topological polar surface area (TPSA) is 29.9 Å². The highest BCUT2D eigenvalue weighted by Gasteiger charge is 2.24. The Balaban J connectivity index is 1.70. The molecule has 88 valence electrons. The second-order valence-corrected chi connectivity index (χ2v) is 5.43. The Bertz CT molecular complexity index is 359. The number of imidazole rings is 1. The van der Waals surface area contributed by atoms with E-state index in [4.69, 9.17) is 0 Å². The molecule has 3 heteroatoms. The zero-order valence-electron chi connectivity index (χ0n) is 10.1. The van der Waals surface area contributed by atoms with Crippen molar-refractivity contribution in [1.29, 1.82) is 0 Å². The molecule has 0 aliphatic heterocycles. The molecule has 0 saturated heterocycles. The quantitative estimate of drug-likeness (QED) is 0.843. The van der Waals surface area contributed by atoms with E-state index in [0.29, 0.717) is 6.04 Å². The molecule has 1 heterocycles. The molecule has 3 rings (SSSR count). The molecule has 2 saturated carbocycles. The number of aryl methyl sites for hydroxylation is 1. The van der Waals surface area contributed by atoms with Gasteiger partial charge in [0.15, 0.2) is 0 Å². The van der Waals surface area contributed by atoms with Crippen molar-refractivity contribution in [2.75, 3.05) is 5.32 Å². The summed E-state index contributed by atoms with van der Waals surface area (Å²) in [6.07, 6.45) is 10.4. The predicted octanol–water partition coefficient (Wildman–Crippen LogP) is 2.96. The van der Waals surface area contributed by atoms with Gasteiger partial charge in [-0.3, -0.25) is 0 Å². The lowest BCUT2D eigenvalue weighted by atomic mass is 10.2. The molecule has 0 unspecified atom stereocenters. The summed E-state index contributed by atoms with van der Waals surface area (Å²) < 4.78 is 2.32. The van der Waals surface area contributed by atoms with Gasteiger partial charge < -0.3 is 9.88 Å².